The minimum Gasteiger partial charge on any atom is -0.457 e. The van der Waals surface area contributed by atoms with Crippen LogP contribution in [0.2, 0.25) is 0 Å². The number of nitrogens with zero attached hydrogens (tertiary/aromatic N) is 4. The molecule has 69 heavy (non-hydrogen) atoms. The van der Waals surface area contributed by atoms with Crippen LogP contribution in [0.5, 0.6) is 23.0 Å². The molecule has 10 rings (SSSR count). The Morgan fingerprint density at radius 1 is 0.348 bits per heavy atom. The second-order valence-corrected chi connectivity index (χ2v) is 17.5. The fourth-order valence-corrected chi connectivity index (χ4v) is 8.83. The number of benzene rings is 6. The van der Waals surface area contributed by atoms with Gasteiger partial charge in [-0.1, -0.05) is 86.6 Å². The molecule has 0 atom stereocenters. The van der Waals surface area contributed by atoms with E-state index in [1.54, 1.807) is 84.9 Å². The minimum atomic E-state index is -0.456. The topological polar surface area (TPSA) is 168 Å². The highest BCUT2D eigenvalue weighted by Gasteiger charge is 2.38. The van der Waals surface area contributed by atoms with E-state index in [2.05, 4.69) is 13.8 Å². The highest BCUT2D eigenvalue weighted by molar-refractivity contribution is 6.22. The number of hydrogen-bond acceptors (Lipinski definition) is 10. The summed E-state index contributed by atoms with van der Waals surface area (Å²) in [5.74, 6) is -1.50. The van der Waals surface area contributed by atoms with Gasteiger partial charge in [0.2, 0.25) is 0 Å². The minimum absolute atomic E-state index is 0.0123. The Hall–Kier alpha value is -9.04. The molecule has 0 fully saturated rings. The van der Waals surface area contributed by atoms with Crippen molar-refractivity contribution in [3.8, 4) is 23.0 Å². The molecule has 0 aliphatic carbocycles. The Balaban J connectivity index is 0.752. The summed E-state index contributed by atoms with van der Waals surface area (Å²) in [4.78, 5) is 107. The summed E-state index contributed by atoms with van der Waals surface area (Å²) < 4.78 is 12.3. The van der Waals surface area contributed by atoms with Gasteiger partial charge in [-0.25, -0.2) is 0 Å². The van der Waals surface area contributed by atoms with Gasteiger partial charge in [-0.15, -0.1) is 0 Å². The lowest BCUT2D eigenvalue weighted by atomic mass is 9.78. The molecule has 340 valence electrons. The van der Waals surface area contributed by atoms with Crippen LogP contribution in [0, 0.1) is 0 Å². The average Bonchev–Trinajstić information content (AvgIpc) is 3.99. The molecule has 0 N–H and O–H groups in total. The number of fused-ring (bicyclic) bond motifs is 2. The molecule has 0 aromatic heterocycles. The van der Waals surface area contributed by atoms with E-state index >= 15 is 0 Å². The molecule has 14 nitrogen and oxygen atoms in total. The van der Waals surface area contributed by atoms with Crippen LogP contribution in [-0.4, -0.2) is 66.9 Å². The predicted octanol–water partition coefficient (Wildman–Crippen LogP) is 8.04. The van der Waals surface area contributed by atoms with Crippen molar-refractivity contribution in [3.63, 3.8) is 0 Å². The van der Waals surface area contributed by atoms with E-state index in [0.29, 0.717) is 45.3 Å². The number of carbonyl (C=O) groups is 8. The average molecular weight is 917 g/mol. The van der Waals surface area contributed by atoms with E-state index in [1.807, 2.05) is 48.5 Å². The third kappa shape index (κ3) is 8.39. The molecule has 6 aromatic carbocycles. The molecular formula is C55H40N4O10. The summed E-state index contributed by atoms with van der Waals surface area (Å²) in [6, 6.07) is 38.9. The predicted molar refractivity (Wildman–Crippen MR) is 249 cm³/mol. The number of amides is 8. The van der Waals surface area contributed by atoms with Gasteiger partial charge < -0.3 is 9.47 Å². The summed E-state index contributed by atoms with van der Waals surface area (Å²) >= 11 is 0. The number of carbonyl (C=O) groups excluding carboxylic acids is 8. The lowest BCUT2D eigenvalue weighted by molar-refractivity contribution is -0.139. The van der Waals surface area contributed by atoms with Crippen molar-refractivity contribution in [2.24, 2.45) is 0 Å². The van der Waals surface area contributed by atoms with E-state index < -0.39 is 52.7 Å². The van der Waals surface area contributed by atoms with Crippen molar-refractivity contribution in [2.75, 3.05) is 0 Å². The molecule has 0 saturated heterocycles. The van der Waals surface area contributed by atoms with Gasteiger partial charge in [-0.05, 0) is 94.0 Å². The van der Waals surface area contributed by atoms with Gasteiger partial charge in [-0.3, -0.25) is 58.0 Å². The number of ether oxygens (including phenoxy) is 2. The van der Waals surface area contributed by atoms with Crippen LogP contribution in [0.25, 0.3) is 0 Å². The molecule has 4 aliphatic rings. The molecule has 4 aliphatic heterocycles. The molecule has 0 spiro atoms. The molecule has 0 saturated carbocycles. The fraction of sp³-hybridized carbons (Fsp3) is 0.127. The van der Waals surface area contributed by atoms with E-state index in [0.717, 1.165) is 20.9 Å². The van der Waals surface area contributed by atoms with Crippen molar-refractivity contribution < 1.29 is 47.8 Å². The van der Waals surface area contributed by atoms with E-state index in [1.165, 1.54) is 34.1 Å². The van der Waals surface area contributed by atoms with Gasteiger partial charge >= 0.3 is 0 Å². The van der Waals surface area contributed by atoms with Crippen molar-refractivity contribution in [1.29, 1.82) is 0 Å². The Kier molecular flexibility index (Phi) is 11.0. The van der Waals surface area contributed by atoms with Gasteiger partial charge in [0.15, 0.2) is 0 Å². The van der Waals surface area contributed by atoms with E-state index in [9.17, 15) is 38.4 Å². The van der Waals surface area contributed by atoms with Crippen LogP contribution < -0.4 is 9.47 Å². The summed E-state index contributed by atoms with van der Waals surface area (Å²) in [7, 11) is 0. The molecule has 0 radical (unpaired) electrons. The standard InChI is InChI=1S/C55H40N4O10/c1-55(2,37-9-13-39(14-10-37)68-41-17-19-43-45(27-41)53(66)58(51(43)64)31-35-7-3-5-33(25-35)29-56-47(60)21-22-48(56)61)38-11-15-40(16-12-38)69-42-18-20-44-46(28-42)54(67)59(52(44)65)32-36-8-4-6-34(26-36)30-57-49(62)23-24-50(57)63/h3-28H,29-32H2,1-2H3. The van der Waals surface area contributed by atoms with E-state index in [-0.39, 0.29) is 48.4 Å². The van der Waals surface area contributed by atoms with Crippen LogP contribution in [0.4, 0.5) is 0 Å². The number of imide groups is 4. The summed E-state index contributed by atoms with van der Waals surface area (Å²) in [5.41, 5.74) is 5.28. The maximum absolute atomic E-state index is 13.5. The lowest BCUT2D eigenvalue weighted by Crippen LogP contribution is -2.30. The number of hydrogen-bond donors (Lipinski definition) is 0. The van der Waals surface area contributed by atoms with Gasteiger partial charge in [0.25, 0.3) is 47.3 Å². The van der Waals surface area contributed by atoms with Crippen LogP contribution in [-0.2, 0) is 50.8 Å². The van der Waals surface area contributed by atoms with Gasteiger partial charge in [0.1, 0.15) is 23.0 Å². The molecule has 0 unspecified atom stereocenters. The summed E-state index contributed by atoms with van der Waals surface area (Å²) in [6.07, 6.45) is 4.90. The Bertz CT molecular complexity index is 3030. The quantitative estimate of drug-likeness (QED) is 0.0976. The second-order valence-electron chi connectivity index (χ2n) is 17.5. The zero-order chi connectivity index (χ0) is 48.1. The monoisotopic (exact) mass is 916 g/mol. The summed E-state index contributed by atoms with van der Waals surface area (Å²) in [5, 5.41) is 0. The van der Waals surface area contributed by atoms with Gasteiger partial charge in [0.05, 0.1) is 48.4 Å². The van der Waals surface area contributed by atoms with Crippen molar-refractivity contribution >= 4 is 47.3 Å². The van der Waals surface area contributed by atoms with Gasteiger partial charge in [-0.2, -0.15) is 0 Å². The van der Waals surface area contributed by atoms with Crippen molar-refractivity contribution in [1.82, 2.24) is 19.6 Å². The normalized spacial score (nSPS) is 15.3. The Morgan fingerprint density at radius 2 is 0.652 bits per heavy atom. The summed E-state index contributed by atoms with van der Waals surface area (Å²) in [6.45, 7) is 4.37. The lowest BCUT2D eigenvalue weighted by Gasteiger charge is -2.26. The van der Waals surface area contributed by atoms with Crippen LogP contribution in [0.15, 0.2) is 158 Å². The van der Waals surface area contributed by atoms with Gasteiger partial charge in [0, 0.05) is 29.7 Å². The first-order chi connectivity index (χ1) is 33.2. The fourth-order valence-electron chi connectivity index (χ4n) is 8.83. The molecular weight excluding hydrogens is 877 g/mol. The largest absolute Gasteiger partial charge is 0.457 e. The zero-order valence-electron chi connectivity index (χ0n) is 37.2. The first-order valence-corrected chi connectivity index (χ1v) is 22.0. The Morgan fingerprint density at radius 3 is 1.00 bits per heavy atom. The van der Waals surface area contributed by atoms with Crippen LogP contribution in [0.1, 0.15) is 88.7 Å². The molecule has 14 heteroatoms. The van der Waals surface area contributed by atoms with Crippen molar-refractivity contribution in [2.45, 2.75) is 45.4 Å². The van der Waals surface area contributed by atoms with Crippen LogP contribution in [0.3, 0.4) is 0 Å². The third-order valence-corrected chi connectivity index (χ3v) is 12.7. The molecule has 4 heterocycles. The molecule has 8 amide bonds. The van der Waals surface area contributed by atoms with Crippen LogP contribution >= 0.6 is 0 Å². The number of rotatable bonds is 14. The smallest absolute Gasteiger partial charge is 0.262 e. The van der Waals surface area contributed by atoms with E-state index in [4.69, 9.17) is 9.47 Å². The maximum Gasteiger partial charge on any atom is 0.262 e. The molecule has 0 bridgehead atoms. The molecule has 6 aromatic rings. The second kappa shape index (κ2) is 17.3. The van der Waals surface area contributed by atoms with Crippen molar-refractivity contribution in [3.05, 3.63) is 213 Å². The highest BCUT2D eigenvalue weighted by Crippen LogP contribution is 2.37. The SMILES string of the molecule is CC(C)(c1ccc(Oc2ccc3c(c2)C(=O)N(Cc2cccc(CN4C(=O)C=CC4=O)c2)C3=O)cc1)c1ccc(Oc2ccc3c(c2)C(=O)N(Cc2cccc(CN4C(=O)C=CC4=O)c2)C3=O)cc1. The Labute approximate surface area is 395 Å². The third-order valence-electron chi connectivity index (χ3n) is 12.7. The zero-order valence-corrected chi connectivity index (χ0v) is 37.2. The first-order valence-electron chi connectivity index (χ1n) is 22.0. The highest BCUT2D eigenvalue weighted by atomic mass is 16.5. The maximum atomic E-state index is 13.5. The first kappa shape index (κ1) is 43.8.